The molecule has 26 heavy (non-hydrogen) atoms. The first-order valence-corrected chi connectivity index (χ1v) is 9.11. The van der Waals surface area contributed by atoms with Crippen molar-refractivity contribution < 1.29 is 5.11 Å². The molecule has 2 heteroatoms. The van der Waals surface area contributed by atoms with Crippen LogP contribution in [0, 0.1) is 0 Å². The van der Waals surface area contributed by atoms with Crippen molar-refractivity contribution in [1.29, 1.82) is 0 Å². The molecule has 0 saturated carbocycles. The largest absolute Gasteiger partial charge is 0.388 e. The molecule has 134 valence electrons. The Morgan fingerprint density at radius 1 is 0.769 bits per heavy atom. The highest BCUT2D eigenvalue weighted by molar-refractivity contribution is 5.35. The highest BCUT2D eigenvalue weighted by Gasteiger charge is 2.35. The smallest absolute Gasteiger partial charge is 0.0854 e. The maximum absolute atomic E-state index is 11.5. The number of benzene rings is 3. The van der Waals surface area contributed by atoms with E-state index in [-0.39, 0.29) is 5.92 Å². The quantitative estimate of drug-likeness (QED) is 0.671. The van der Waals surface area contributed by atoms with Crippen LogP contribution in [0.2, 0.25) is 0 Å². The molecule has 1 N–H and O–H groups in total. The number of hydrogen-bond donors (Lipinski definition) is 1. The molecule has 3 aromatic carbocycles. The Kier molecular flexibility index (Phi) is 5.87. The molecule has 0 amide bonds. The standard InChI is InChI=1S/C24H27NO/c1-24(26,19-25(2)18-20-12-6-3-7-13-20)23(21-14-8-4-9-15-21)22-16-10-5-11-17-22/h3-17,23,26H,18-19H2,1-2H3. The van der Waals surface area contributed by atoms with Gasteiger partial charge in [-0.3, -0.25) is 4.90 Å². The Morgan fingerprint density at radius 2 is 1.19 bits per heavy atom. The molecule has 1 atom stereocenters. The van der Waals surface area contributed by atoms with Crippen LogP contribution in [-0.2, 0) is 6.54 Å². The van der Waals surface area contributed by atoms with Gasteiger partial charge in [-0.15, -0.1) is 0 Å². The van der Waals surface area contributed by atoms with E-state index in [1.807, 2.05) is 49.4 Å². The predicted octanol–water partition coefficient (Wildman–Crippen LogP) is 4.70. The van der Waals surface area contributed by atoms with Crippen LogP contribution in [0.15, 0.2) is 91.0 Å². The lowest BCUT2D eigenvalue weighted by molar-refractivity contribution is 0.0105. The van der Waals surface area contributed by atoms with Crippen LogP contribution in [0.3, 0.4) is 0 Å². The van der Waals surface area contributed by atoms with Gasteiger partial charge in [-0.2, -0.15) is 0 Å². The van der Waals surface area contributed by atoms with Crippen molar-refractivity contribution in [3.8, 4) is 0 Å². The zero-order valence-electron chi connectivity index (χ0n) is 15.5. The summed E-state index contributed by atoms with van der Waals surface area (Å²) in [6.45, 7) is 3.34. The summed E-state index contributed by atoms with van der Waals surface area (Å²) in [6.07, 6.45) is 0. The normalized spacial score (nSPS) is 13.7. The van der Waals surface area contributed by atoms with Gasteiger partial charge >= 0.3 is 0 Å². The summed E-state index contributed by atoms with van der Waals surface area (Å²) in [4.78, 5) is 2.19. The Morgan fingerprint density at radius 3 is 1.65 bits per heavy atom. The summed E-state index contributed by atoms with van der Waals surface area (Å²) < 4.78 is 0. The second kappa shape index (κ2) is 8.31. The zero-order chi connectivity index (χ0) is 18.4. The molecule has 1 unspecified atom stereocenters. The van der Waals surface area contributed by atoms with E-state index in [1.54, 1.807) is 0 Å². The van der Waals surface area contributed by atoms with Gasteiger partial charge in [0, 0.05) is 19.0 Å². The van der Waals surface area contributed by atoms with E-state index < -0.39 is 5.60 Å². The molecular formula is C24H27NO. The molecule has 0 aliphatic carbocycles. The minimum Gasteiger partial charge on any atom is -0.388 e. The molecule has 3 rings (SSSR count). The minimum atomic E-state index is -0.897. The second-order valence-corrected chi connectivity index (χ2v) is 7.27. The average Bonchev–Trinajstić information content (AvgIpc) is 2.63. The lowest BCUT2D eigenvalue weighted by Gasteiger charge is -2.37. The summed E-state index contributed by atoms with van der Waals surface area (Å²) in [6, 6.07) is 31.0. The van der Waals surface area contributed by atoms with Crippen molar-refractivity contribution in [3.05, 3.63) is 108 Å². The van der Waals surface area contributed by atoms with E-state index in [0.717, 1.165) is 17.7 Å². The predicted molar refractivity (Wildman–Crippen MR) is 108 cm³/mol. The third-order valence-electron chi connectivity index (χ3n) is 4.77. The third-order valence-corrected chi connectivity index (χ3v) is 4.77. The van der Waals surface area contributed by atoms with Crippen molar-refractivity contribution in [1.82, 2.24) is 4.90 Å². The van der Waals surface area contributed by atoms with E-state index in [2.05, 4.69) is 60.5 Å². The number of aliphatic hydroxyl groups is 1. The fraction of sp³-hybridized carbons (Fsp3) is 0.250. The van der Waals surface area contributed by atoms with E-state index in [4.69, 9.17) is 0 Å². The second-order valence-electron chi connectivity index (χ2n) is 7.27. The number of nitrogens with zero attached hydrogens (tertiary/aromatic N) is 1. The van der Waals surface area contributed by atoms with Crippen LogP contribution in [0.4, 0.5) is 0 Å². The fourth-order valence-electron chi connectivity index (χ4n) is 3.79. The average molecular weight is 345 g/mol. The Bertz CT molecular complexity index is 745. The highest BCUT2D eigenvalue weighted by Crippen LogP contribution is 2.35. The van der Waals surface area contributed by atoms with Gasteiger partial charge in [0.1, 0.15) is 0 Å². The molecule has 0 aliphatic rings. The molecule has 2 nitrogen and oxygen atoms in total. The monoisotopic (exact) mass is 345 g/mol. The van der Waals surface area contributed by atoms with Crippen LogP contribution in [0.1, 0.15) is 29.5 Å². The molecule has 0 bridgehead atoms. The summed E-state index contributed by atoms with van der Waals surface area (Å²) in [5.74, 6) is -0.0804. The molecule has 0 aliphatic heterocycles. The molecule has 0 fully saturated rings. The van der Waals surface area contributed by atoms with Crippen molar-refractivity contribution in [2.75, 3.05) is 13.6 Å². The lowest BCUT2D eigenvalue weighted by Crippen LogP contribution is -2.44. The molecular weight excluding hydrogens is 318 g/mol. The topological polar surface area (TPSA) is 23.5 Å². The van der Waals surface area contributed by atoms with Crippen molar-refractivity contribution >= 4 is 0 Å². The number of rotatable bonds is 7. The molecule has 0 spiro atoms. The first kappa shape index (κ1) is 18.4. The number of likely N-dealkylation sites (N-methyl/N-ethyl adjacent to an activating group) is 1. The number of hydrogen-bond acceptors (Lipinski definition) is 2. The zero-order valence-corrected chi connectivity index (χ0v) is 15.5. The molecule has 0 heterocycles. The highest BCUT2D eigenvalue weighted by atomic mass is 16.3. The van der Waals surface area contributed by atoms with Crippen LogP contribution >= 0.6 is 0 Å². The summed E-state index contributed by atoms with van der Waals surface area (Å²) in [7, 11) is 2.06. The molecule has 3 aromatic rings. The van der Waals surface area contributed by atoms with Crippen LogP contribution < -0.4 is 0 Å². The summed E-state index contributed by atoms with van der Waals surface area (Å²) in [5, 5.41) is 11.5. The van der Waals surface area contributed by atoms with Gasteiger partial charge in [-0.1, -0.05) is 91.0 Å². The summed E-state index contributed by atoms with van der Waals surface area (Å²) >= 11 is 0. The van der Waals surface area contributed by atoms with Crippen LogP contribution in [0.5, 0.6) is 0 Å². The van der Waals surface area contributed by atoms with E-state index in [9.17, 15) is 5.11 Å². The summed E-state index contributed by atoms with van der Waals surface area (Å²) in [5.41, 5.74) is 2.63. The fourth-order valence-corrected chi connectivity index (χ4v) is 3.79. The van der Waals surface area contributed by atoms with Crippen molar-refractivity contribution in [2.45, 2.75) is 25.0 Å². The SMILES string of the molecule is CN(Cc1ccccc1)CC(C)(O)C(c1ccccc1)c1ccccc1. The molecule has 0 aromatic heterocycles. The van der Waals surface area contributed by atoms with Gasteiger partial charge in [0.2, 0.25) is 0 Å². The van der Waals surface area contributed by atoms with Gasteiger partial charge < -0.3 is 5.11 Å². The Hall–Kier alpha value is -2.42. The molecule has 0 radical (unpaired) electrons. The van der Waals surface area contributed by atoms with E-state index in [0.29, 0.717) is 6.54 Å². The first-order valence-electron chi connectivity index (χ1n) is 9.11. The third kappa shape index (κ3) is 4.60. The van der Waals surface area contributed by atoms with E-state index >= 15 is 0 Å². The van der Waals surface area contributed by atoms with E-state index in [1.165, 1.54) is 5.56 Å². The maximum Gasteiger partial charge on any atom is 0.0854 e. The van der Waals surface area contributed by atoms with Gasteiger partial charge in [-0.05, 0) is 30.7 Å². The van der Waals surface area contributed by atoms with Gasteiger partial charge in [0.15, 0.2) is 0 Å². The van der Waals surface area contributed by atoms with Crippen molar-refractivity contribution in [2.24, 2.45) is 0 Å². The van der Waals surface area contributed by atoms with Crippen molar-refractivity contribution in [3.63, 3.8) is 0 Å². The first-order chi connectivity index (χ1) is 12.6. The van der Waals surface area contributed by atoms with Gasteiger partial charge in [0.05, 0.1) is 5.60 Å². The Labute approximate surface area is 156 Å². The maximum atomic E-state index is 11.5. The molecule has 0 saturated heterocycles. The Balaban J connectivity index is 1.85. The van der Waals surface area contributed by atoms with Crippen LogP contribution in [0.25, 0.3) is 0 Å². The van der Waals surface area contributed by atoms with Crippen LogP contribution in [-0.4, -0.2) is 29.2 Å². The van der Waals surface area contributed by atoms with Gasteiger partial charge in [-0.25, -0.2) is 0 Å². The van der Waals surface area contributed by atoms with Gasteiger partial charge in [0.25, 0.3) is 0 Å². The minimum absolute atomic E-state index is 0.0804. The lowest BCUT2D eigenvalue weighted by atomic mass is 9.78.